The predicted octanol–water partition coefficient (Wildman–Crippen LogP) is 2.56. The Morgan fingerprint density at radius 3 is 2.24 bits per heavy atom. The third kappa shape index (κ3) is 1.72. The van der Waals surface area contributed by atoms with Crippen molar-refractivity contribution in [3.63, 3.8) is 0 Å². The molecule has 0 spiro atoms. The Morgan fingerprint density at radius 2 is 1.65 bits per heavy atom. The zero-order chi connectivity index (χ0) is 11.9. The number of benzene rings is 1. The van der Waals surface area contributed by atoms with Crippen molar-refractivity contribution in [2.24, 2.45) is 0 Å². The van der Waals surface area contributed by atoms with Gasteiger partial charge in [-0.1, -0.05) is 42.5 Å². The summed E-state index contributed by atoms with van der Waals surface area (Å²) in [6.07, 6.45) is 4.59. The highest BCUT2D eigenvalue weighted by Gasteiger charge is 2.42. The van der Waals surface area contributed by atoms with E-state index in [2.05, 4.69) is 61.2 Å². The summed E-state index contributed by atoms with van der Waals surface area (Å²) in [6.45, 7) is 6.26. The quantitative estimate of drug-likeness (QED) is 0.723. The molecule has 1 aromatic carbocycles. The van der Waals surface area contributed by atoms with Crippen LogP contribution < -0.4 is 0 Å². The first-order chi connectivity index (χ1) is 8.19. The maximum atomic E-state index is 5.61. The molecule has 0 aromatic heterocycles. The van der Waals surface area contributed by atoms with E-state index in [1.54, 1.807) is 0 Å². The molecule has 3 rings (SSSR count). The lowest BCUT2D eigenvalue weighted by Crippen LogP contribution is -2.55. The summed E-state index contributed by atoms with van der Waals surface area (Å²) >= 11 is 0. The predicted molar refractivity (Wildman–Crippen MR) is 68.8 cm³/mol. The molecule has 17 heavy (non-hydrogen) atoms. The normalized spacial score (nSPS) is 28.6. The monoisotopic (exact) mass is 229 g/mol. The lowest BCUT2D eigenvalue weighted by molar-refractivity contribution is -0.0555. The van der Waals surface area contributed by atoms with Gasteiger partial charge in [0.05, 0.1) is 25.3 Å². The maximum Gasteiger partial charge on any atom is 0.0659 e. The van der Waals surface area contributed by atoms with Gasteiger partial charge in [0.15, 0.2) is 0 Å². The molecular formula is C15H19NO. The van der Waals surface area contributed by atoms with E-state index in [1.165, 1.54) is 5.56 Å². The maximum absolute atomic E-state index is 5.61. The van der Waals surface area contributed by atoms with Crippen molar-refractivity contribution in [3.8, 4) is 0 Å². The molecule has 1 aromatic rings. The molecule has 0 radical (unpaired) electrons. The van der Waals surface area contributed by atoms with Crippen molar-refractivity contribution in [1.29, 1.82) is 0 Å². The molecule has 2 heteroatoms. The fourth-order valence-electron chi connectivity index (χ4n) is 3.09. The Kier molecular flexibility index (Phi) is 2.57. The van der Waals surface area contributed by atoms with Crippen LogP contribution in [0.2, 0.25) is 0 Å². The minimum atomic E-state index is 0.0594. The summed E-state index contributed by atoms with van der Waals surface area (Å²) in [5, 5.41) is 0. The lowest BCUT2D eigenvalue weighted by Gasteiger charge is -2.46. The lowest BCUT2D eigenvalue weighted by atomic mass is 9.90. The van der Waals surface area contributed by atoms with Gasteiger partial charge in [0.25, 0.3) is 0 Å². The second kappa shape index (κ2) is 3.97. The average molecular weight is 229 g/mol. The summed E-state index contributed by atoms with van der Waals surface area (Å²) < 4.78 is 5.61. The van der Waals surface area contributed by atoms with E-state index in [9.17, 15) is 0 Å². The van der Waals surface area contributed by atoms with Crippen molar-refractivity contribution in [1.82, 2.24) is 4.90 Å². The third-order valence-corrected chi connectivity index (χ3v) is 3.97. The summed E-state index contributed by atoms with van der Waals surface area (Å²) in [6, 6.07) is 11.6. The van der Waals surface area contributed by atoms with Gasteiger partial charge in [-0.05, 0) is 19.4 Å². The first-order valence-electron chi connectivity index (χ1n) is 6.29. The largest absolute Gasteiger partial charge is 0.378 e. The molecular weight excluding hydrogens is 210 g/mol. The summed E-state index contributed by atoms with van der Waals surface area (Å²) in [4.78, 5) is 2.58. The molecule has 0 saturated carbocycles. The highest BCUT2D eigenvalue weighted by atomic mass is 16.5. The summed E-state index contributed by atoms with van der Waals surface area (Å²) in [5.74, 6) is 0. The zero-order valence-electron chi connectivity index (χ0n) is 10.5. The number of rotatable bonds is 2. The zero-order valence-corrected chi connectivity index (χ0v) is 10.5. The fraction of sp³-hybridized carbons (Fsp3) is 0.467. The van der Waals surface area contributed by atoms with Crippen molar-refractivity contribution in [2.45, 2.75) is 31.5 Å². The molecule has 1 saturated heterocycles. The highest BCUT2D eigenvalue weighted by Crippen LogP contribution is 2.37. The Hall–Kier alpha value is -1.12. The summed E-state index contributed by atoms with van der Waals surface area (Å²) in [7, 11) is 0. The second-order valence-corrected chi connectivity index (χ2v) is 5.39. The average Bonchev–Trinajstić information content (AvgIpc) is 2.62. The molecule has 2 unspecified atom stereocenters. The Morgan fingerprint density at radius 1 is 1.06 bits per heavy atom. The van der Waals surface area contributed by atoms with E-state index in [4.69, 9.17) is 4.74 Å². The van der Waals surface area contributed by atoms with Gasteiger partial charge in [-0.25, -0.2) is 0 Å². The van der Waals surface area contributed by atoms with Gasteiger partial charge >= 0.3 is 0 Å². The van der Waals surface area contributed by atoms with Gasteiger partial charge in [0.2, 0.25) is 0 Å². The van der Waals surface area contributed by atoms with Gasteiger partial charge in [-0.15, -0.1) is 0 Å². The topological polar surface area (TPSA) is 12.5 Å². The van der Waals surface area contributed by atoms with E-state index >= 15 is 0 Å². The number of hydrogen-bond acceptors (Lipinski definition) is 2. The van der Waals surface area contributed by atoms with Gasteiger partial charge in [-0.2, -0.15) is 0 Å². The van der Waals surface area contributed by atoms with Gasteiger partial charge in [0.1, 0.15) is 0 Å². The molecule has 2 aliphatic rings. The van der Waals surface area contributed by atoms with E-state index in [-0.39, 0.29) is 5.54 Å². The van der Waals surface area contributed by atoms with Crippen LogP contribution in [0.5, 0.6) is 0 Å². The number of morpholine rings is 1. The highest BCUT2D eigenvalue weighted by molar-refractivity contribution is 5.27. The molecule has 0 amide bonds. The minimum Gasteiger partial charge on any atom is -0.378 e. The molecule has 2 bridgehead atoms. The third-order valence-electron chi connectivity index (χ3n) is 3.97. The van der Waals surface area contributed by atoms with Gasteiger partial charge in [0, 0.05) is 5.54 Å². The van der Waals surface area contributed by atoms with Crippen LogP contribution in [0.3, 0.4) is 0 Å². The van der Waals surface area contributed by atoms with Crippen LogP contribution in [0.25, 0.3) is 0 Å². The molecule has 1 fully saturated rings. The van der Waals surface area contributed by atoms with Crippen molar-refractivity contribution < 1.29 is 4.74 Å². The summed E-state index contributed by atoms with van der Waals surface area (Å²) in [5.41, 5.74) is 1.43. The standard InChI is InChI=1S/C15H19NO/c1-15(2,12-6-4-3-5-7-12)16-13-8-9-14(16)11-17-10-13/h3-9,13-14H,10-11H2,1-2H3. The van der Waals surface area contributed by atoms with Crippen LogP contribution in [-0.4, -0.2) is 30.2 Å². The Balaban J connectivity index is 1.94. The van der Waals surface area contributed by atoms with Crippen LogP contribution in [0.1, 0.15) is 19.4 Å². The first kappa shape index (κ1) is 11.0. The van der Waals surface area contributed by atoms with Crippen molar-refractivity contribution in [3.05, 3.63) is 48.0 Å². The Labute approximate surface area is 103 Å². The van der Waals surface area contributed by atoms with Crippen LogP contribution in [-0.2, 0) is 10.3 Å². The molecule has 0 aliphatic carbocycles. The smallest absolute Gasteiger partial charge is 0.0659 e. The van der Waals surface area contributed by atoms with Crippen LogP contribution in [0.15, 0.2) is 42.5 Å². The van der Waals surface area contributed by atoms with Gasteiger partial charge < -0.3 is 4.74 Å². The van der Waals surface area contributed by atoms with Crippen molar-refractivity contribution in [2.75, 3.05) is 13.2 Å². The molecule has 2 aliphatic heterocycles. The molecule has 2 atom stereocenters. The van der Waals surface area contributed by atoms with Crippen LogP contribution in [0, 0.1) is 0 Å². The van der Waals surface area contributed by atoms with Gasteiger partial charge in [-0.3, -0.25) is 4.90 Å². The second-order valence-electron chi connectivity index (χ2n) is 5.39. The number of nitrogens with zero attached hydrogens (tertiary/aromatic N) is 1. The van der Waals surface area contributed by atoms with Crippen LogP contribution in [0.4, 0.5) is 0 Å². The molecule has 0 N–H and O–H groups in total. The number of fused-ring (bicyclic) bond motifs is 2. The molecule has 2 nitrogen and oxygen atoms in total. The minimum absolute atomic E-state index is 0.0594. The first-order valence-corrected chi connectivity index (χ1v) is 6.29. The number of ether oxygens (including phenoxy) is 1. The van der Waals surface area contributed by atoms with E-state index < -0.39 is 0 Å². The van der Waals surface area contributed by atoms with Crippen molar-refractivity contribution >= 4 is 0 Å². The van der Waals surface area contributed by atoms with E-state index in [0.29, 0.717) is 12.1 Å². The Bertz CT molecular complexity index is 410. The van der Waals surface area contributed by atoms with Crippen LogP contribution >= 0.6 is 0 Å². The van der Waals surface area contributed by atoms with E-state index in [1.807, 2.05) is 0 Å². The SMILES string of the molecule is CC(C)(c1ccccc1)N1C2C=CC1COC2. The molecule has 2 heterocycles. The van der Waals surface area contributed by atoms with E-state index in [0.717, 1.165) is 13.2 Å². The number of hydrogen-bond donors (Lipinski definition) is 0. The molecule has 90 valence electrons. The fourth-order valence-corrected chi connectivity index (χ4v) is 3.09.